The number of allylic oxidation sites excluding steroid dienone is 8. The Bertz CT molecular complexity index is 2770. The van der Waals surface area contributed by atoms with Gasteiger partial charge in [-0.25, -0.2) is 21.0 Å². The van der Waals surface area contributed by atoms with E-state index >= 15 is 0 Å². The van der Waals surface area contributed by atoms with Crippen LogP contribution in [0.15, 0.2) is 173 Å². The maximum Gasteiger partial charge on any atom is 0.203 e. The van der Waals surface area contributed by atoms with E-state index < -0.39 is 41.3 Å². The average molecular weight is 934 g/mol. The van der Waals surface area contributed by atoms with Gasteiger partial charge in [-0.2, -0.15) is 0 Å². The fourth-order valence-electron chi connectivity index (χ4n) is 5.18. The summed E-state index contributed by atoms with van der Waals surface area (Å²) in [6, 6.07) is 29.7. The van der Waals surface area contributed by atoms with Gasteiger partial charge in [0.1, 0.15) is 0 Å². The quantitative estimate of drug-likeness (QED) is 0.149. The van der Waals surface area contributed by atoms with Gasteiger partial charge in [0.25, 0.3) is 0 Å². The SMILES string of the molecule is CC1=CC=CS1(=O)=O.CC1=CC=CS1=O.CC1=Cc2ccccc2S1(=O)=O.CC1=Cc2ccccc2S1=O.Cc1cc2ccccc2s1.Cc1cccs1.Cc1cncs1. The van der Waals surface area contributed by atoms with E-state index in [0.717, 1.165) is 25.8 Å². The van der Waals surface area contributed by atoms with Crippen LogP contribution in [0.1, 0.15) is 53.5 Å². The first-order valence-corrected chi connectivity index (χ1v) is 26.3. The van der Waals surface area contributed by atoms with Crippen LogP contribution in [-0.4, -0.2) is 30.2 Å². The first-order valence-electron chi connectivity index (χ1n) is 18.4. The van der Waals surface area contributed by atoms with Crippen molar-refractivity contribution in [3.05, 3.63) is 189 Å². The van der Waals surface area contributed by atoms with Crippen LogP contribution in [0.3, 0.4) is 0 Å². The molecule has 314 valence electrons. The van der Waals surface area contributed by atoms with E-state index in [1.54, 1.807) is 66.2 Å². The molecule has 3 aromatic carbocycles. The number of fused-ring (bicyclic) bond motifs is 3. The Morgan fingerprint density at radius 1 is 0.617 bits per heavy atom. The number of hydrogen-bond donors (Lipinski definition) is 0. The van der Waals surface area contributed by atoms with Crippen molar-refractivity contribution in [1.29, 1.82) is 0 Å². The Morgan fingerprint density at radius 2 is 1.30 bits per heavy atom. The van der Waals surface area contributed by atoms with E-state index in [-0.39, 0.29) is 0 Å². The number of hydrogen-bond acceptors (Lipinski definition) is 10. The van der Waals surface area contributed by atoms with Crippen molar-refractivity contribution in [1.82, 2.24) is 4.98 Å². The standard InChI is InChI=1S/C9H8O2S.C9H8OS.C9H8S.C5H6O2S.C5H6OS.C5H6S.C4H5NS/c1-7-6-8-4-2-3-5-9(8)12(7,10)11;1-7-6-8-4-2-3-5-9(8)11(7)10;1-7-6-8-4-2-3-5-9(8)10-7;1-5-3-2-4-8(5,6)7;1-5-3-2-4-7(5)6;1-5-3-2-4-6-5;1-4-2-5-3-6-4/h2-6H,1H3;2-6H,1H3;2-6H,1H3;2-4H,1H3;2-4H,1H3;2-4H,1H3;2-3H,1H3. The van der Waals surface area contributed by atoms with Gasteiger partial charge in [-0.3, -0.25) is 9.19 Å². The maximum absolute atomic E-state index is 11.5. The zero-order valence-electron chi connectivity index (χ0n) is 34.3. The van der Waals surface area contributed by atoms with Gasteiger partial charge in [0, 0.05) is 56.0 Å². The van der Waals surface area contributed by atoms with Crippen molar-refractivity contribution < 1.29 is 25.3 Å². The molecule has 0 saturated carbocycles. The fourth-order valence-corrected chi connectivity index (χ4v) is 10.9. The van der Waals surface area contributed by atoms with Gasteiger partial charge in [0.15, 0.2) is 9.84 Å². The average Bonchev–Trinajstić information content (AvgIpc) is 4.11. The second-order valence-electron chi connectivity index (χ2n) is 13.1. The molecule has 0 amide bonds. The highest BCUT2D eigenvalue weighted by molar-refractivity contribution is 7.98. The molecule has 0 N–H and O–H groups in total. The van der Waals surface area contributed by atoms with Crippen molar-refractivity contribution >= 4 is 97.5 Å². The summed E-state index contributed by atoms with van der Waals surface area (Å²) in [7, 11) is -7.74. The Morgan fingerprint density at radius 3 is 1.75 bits per heavy atom. The molecule has 6 aromatic rings. The third kappa shape index (κ3) is 14.4. The topological polar surface area (TPSA) is 115 Å². The molecule has 10 rings (SSSR count). The second kappa shape index (κ2) is 23.0. The zero-order chi connectivity index (χ0) is 43.9. The third-order valence-electron chi connectivity index (χ3n) is 8.42. The van der Waals surface area contributed by atoms with Gasteiger partial charge in [-0.05, 0) is 131 Å². The molecule has 0 saturated heterocycles. The minimum atomic E-state index is -3.12. The van der Waals surface area contributed by atoms with Gasteiger partial charge in [-0.1, -0.05) is 66.7 Å². The third-order valence-corrected chi connectivity index (χ3v) is 17.1. The first-order chi connectivity index (χ1) is 28.5. The highest BCUT2D eigenvalue weighted by atomic mass is 32.2. The van der Waals surface area contributed by atoms with Gasteiger partial charge >= 0.3 is 0 Å². The highest BCUT2D eigenvalue weighted by Gasteiger charge is 2.25. The molecule has 4 aliphatic rings. The van der Waals surface area contributed by atoms with Crippen LogP contribution in [0, 0.1) is 20.8 Å². The number of thiophene rings is 2. The summed E-state index contributed by atoms with van der Waals surface area (Å²) in [4.78, 5) is 12.0. The largest absolute Gasteiger partial charge is 0.253 e. The summed E-state index contributed by atoms with van der Waals surface area (Å²) < 4.78 is 67.6. The van der Waals surface area contributed by atoms with Gasteiger partial charge in [-0.15, -0.1) is 34.0 Å². The Kier molecular flexibility index (Phi) is 18.5. The fraction of sp³-hybridized carbons (Fsp3) is 0.152. The lowest BCUT2D eigenvalue weighted by Gasteiger charge is -1.96. The number of benzene rings is 3. The molecule has 0 bridgehead atoms. The number of thiazole rings is 1. The van der Waals surface area contributed by atoms with Gasteiger partial charge < -0.3 is 0 Å². The molecule has 0 aliphatic carbocycles. The van der Waals surface area contributed by atoms with Gasteiger partial charge in [0.2, 0.25) is 9.84 Å². The molecule has 0 spiro atoms. The van der Waals surface area contributed by atoms with Crippen LogP contribution in [0.25, 0.3) is 22.2 Å². The van der Waals surface area contributed by atoms with E-state index in [4.69, 9.17) is 0 Å². The number of rotatable bonds is 0. The summed E-state index contributed by atoms with van der Waals surface area (Å²) in [6.45, 7) is 13.2. The molecule has 14 heteroatoms. The van der Waals surface area contributed by atoms with Crippen molar-refractivity contribution in [2.24, 2.45) is 0 Å². The molecular weight excluding hydrogens is 887 g/mol. The second-order valence-corrected chi connectivity index (χ2v) is 23.9. The minimum absolute atomic E-state index is 0.428. The van der Waals surface area contributed by atoms with Crippen molar-refractivity contribution in [3.8, 4) is 0 Å². The van der Waals surface area contributed by atoms with Crippen LogP contribution in [-0.2, 0) is 41.3 Å². The first kappa shape index (κ1) is 48.3. The number of nitrogens with zero attached hydrogens (tertiary/aromatic N) is 1. The monoisotopic (exact) mass is 933 g/mol. The van der Waals surface area contributed by atoms with Crippen LogP contribution in [0.5, 0.6) is 0 Å². The van der Waals surface area contributed by atoms with Crippen molar-refractivity contribution in [2.45, 2.75) is 58.3 Å². The molecule has 3 aromatic heterocycles. The van der Waals surface area contributed by atoms with E-state index in [9.17, 15) is 25.3 Å². The minimum Gasteiger partial charge on any atom is -0.253 e. The molecule has 7 nitrogen and oxygen atoms in total. The number of aryl methyl sites for hydroxylation is 3. The molecular formula is C46H47NO6S7. The lowest BCUT2D eigenvalue weighted by Crippen LogP contribution is -1.96. The normalized spacial score (nSPS) is 17.5. The van der Waals surface area contributed by atoms with Gasteiger partial charge in [0.05, 0.1) is 36.9 Å². The summed E-state index contributed by atoms with van der Waals surface area (Å²) in [5, 5.41) is 6.32. The van der Waals surface area contributed by atoms with Crippen LogP contribution < -0.4 is 0 Å². The van der Waals surface area contributed by atoms with Crippen LogP contribution in [0.4, 0.5) is 0 Å². The summed E-state index contributed by atoms with van der Waals surface area (Å²) in [5.41, 5.74) is 3.73. The number of aromatic nitrogens is 1. The predicted molar refractivity (Wildman–Crippen MR) is 259 cm³/mol. The molecule has 4 aliphatic heterocycles. The van der Waals surface area contributed by atoms with E-state index in [0.29, 0.717) is 14.7 Å². The molecule has 2 unspecified atom stereocenters. The molecule has 7 heterocycles. The summed E-state index contributed by atoms with van der Waals surface area (Å²) in [5.74, 6) is 0. The van der Waals surface area contributed by atoms with Crippen molar-refractivity contribution in [2.75, 3.05) is 0 Å². The Hall–Kier alpha value is -4.41. The molecule has 0 radical (unpaired) electrons. The van der Waals surface area contributed by atoms with Crippen LogP contribution >= 0.6 is 34.0 Å². The predicted octanol–water partition coefficient (Wildman–Crippen LogP) is 12.7. The Labute approximate surface area is 371 Å². The lowest BCUT2D eigenvalue weighted by atomic mass is 10.2. The van der Waals surface area contributed by atoms with E-state index in [1.807, 2.05) is 98.4 Å². The smallest absolute Gasteiger partial charge is 0.203 e. The van der Waals surface area contributed by atoms with E-state index in [1.165, 1.54) is 36.2 Å². The van der Waals surface area contributed by atoms with Crippen molar-refractivity contribution in [3.63, 3.8) is 0 Å². The lowest BCUT2D eigenvalue weighted by molar-refractivity contribution is 0.603. The maximum atomic E-state index is 11.5. The molecule has 60 heavy (non-hydrogen) atoms. The molecule has 2 atom stereocenters. The molecule has 0 fully saturated rings. The highest BCUT2D eigenvalue weighted by Crippen LogP contribution is 2.32. The summed E-state index contributed by atoms with van der Waals surface area (Å²) >= 11 is 5.30. The van der Waals surface area contributed by atoms with Crippen LogP contribution in [0.2, 0.25) is 0 Å². The van der Waals surface area contributed by atoms with E-state index in [2.05, 4.69) is 66.7 Å². The summed E-state index contributed by atoms with van der Waals surface area (Å²) in [6.07, 6.45) is 12.3. The number of sulfone groups is 2. The zero-order valence-corrected chi connectivity index (χ0v) is 40.0. The Balaban J connectivity index is 0.000000157.